The molecule has 3 nitrogen and oxygen atoms in total. The summed E-state index contributed by atoms with van der Waals surface area (Å²) >= 11 is 0. The fraction of sp³-hybridized carbons (Fsp3) is 0.200. The van der Waals surface area contributed by atoms with E-state index < -0.39 is 0 Å². The summed E-state index contributed by atoms with van der Waals surface area (Å²) < 4.78 is 0.664. The van der Waals surface area contributed by atoms with Crippen LogP contribution in [-0.4, -0.2) is 29.4 Å². The molecule has 2 heterocycles. The second kappa shape index (κ2) is 2.78. The average molecular weight is 174 g/mol. The molecule has 0 atom stereocenters. The third-order valence-electron chi connectivity index (χ3n) is 2.08. The zero-order valence-corrected chi connectivity index (χ0v) is 7.81. The first kappa shape index (κ1) is 8.13. The van der Waals surface area contributed by atoms with E-state index in [2.05, 4.69) is 24.1 Å². The number of pyridine rings is 1. The predicted molar refractivity (Wildman–Crippen MR) is 52.0 cm³/mol. The van der Waals surface area contributed by atoms with Crippen LogP contribution < -0.4 is 0 Å². The fourth-order valence-corrected chi connectivity index (χ4v) is 1.35. The topological polar surface area (TPSA) is 25.2 Å². The number of hydrogen-bond donors (Lipinski definition) is 0. The maximum atomic E-state index is 4.30. The molecule has 0 radical (unpaired) electrons. The first-order chi connectivity index (χ1) is 6.20. The van der Waals surface area contributed by atoms with Crippen molar-refractivity contribution in [1.29, 1.82) is 0 Å². The molecule has 0 fully saturated rings. The number of quaternary nitrogens is 1. The smallest absolute Gasteiger partial charge is 0.250 e. The Morgan fingerprint density at radius 2 is 2.08 bits per heavy atom. The molecule has 2 rings (SSSR count). The van der Waals surface area contributed by atoms with Crippen LogP contribution in [0.2, 0.25) is 0 Å². The molecule has 0 aromatic carbocycles. The molecule has 0 aliphatic carbocycles. The Kier molecular flexibility index (Phi) is 1.74. The lowest BCUT2D eigenvalue weighted by Gasteiger charge is -2.20. The van der Waals surface area contributed by atoms with Gasteiger partial charge in [-0.3, -0.25) is 4.48 Å². The number of nitrogens with zero attached hydrogens (tertiary/aromatic N) is 3. The van der Waals surface area contributed by atoms with Crippen LogP contribution in [0, 0.1) is 0 Å². The number of aliphatic imine (C=N–C) groups is 1. The van der Waals surface area contributed by atoms with Crippen LogP contribution in [0.3, 0.4) is 0 Å². The van der Waals surface area contributed by atoms with E-state index in [4.69, 9.17) is 0 Å². The Morgan fingerprint density at radius 3 is 2.62 bits per heavy atom. The molecular formula is C10H12N3+. The van der Waals surface area contributed by atoms with E-state index in [-0.39, 0.29) is 0 Å². The first-order valence-corrected chi connectivity index (χ1v) is 4.21. The third kappa shape index (κ3) is 1.38. The van der Waals surface area contributed by atoms with Gasteiger partial charge in [0, 0.05) is 6.20 Å². The molecule has 0 saturated heterocycles. The Labute approximate surface area is 77.6 Å². The van der Waals surface area contributed by atoms with Gasteiger partial charge in [-0.15, -0.1) is 0 Å². The molecule has 0 saturated carbocycles. The van der Waals surface area contributed by atoms with E-state index in [0.29, 0.717) is 4.48 Å². The summed E-state index contributed by atoms with van der Waals surface area (Å²) in [6.07, 6.45) is 5.64. The van der Waals surface area contributed by atoms with Gasteiger partial charge in [-0.2, -0.15) is 4.99 Å². The minimum atomic E-state index is 0.664. The largest absolute Gasteiger partial charge is 0.258 e. The van der Waals surface area contributed by atoms with Gasteiger partial charge in [-0.05, 0) is 12.1 Å². The van der Waals surface area contributed by atoms with Crippen LogP contribution in [-0.2, 0) is 0 Å². The highest BCUT2D eigenvalue weighted by Gasteiger charge is 2.27. The Hall–Kier alpha value is -1.48. The lowest BCUT2D eigenvalue weighted by molar-refractivity contribution is -0.739. The lowest BCUT2D eigenvalue weighted by atomic mass is 10.3. The summed E-state index contributed by atoms with van der Waals surface area (Å²) in [5.41, 5.74) is 0.942. The monoisotopic (exact) mass is 174 g/mol. The van der Waals surface area contributed by atoms with Crippen molar-refractivity contribution in [2.75, 3.05) is 14.1 Å². The zero-order chi connectivity index (χ0) is 9.31. The van der Waals surface area contributed by atoms with Crippen molar-refractivity contribution in [3.63, 3.8) is 0 Å². The van der Waals surface area contributed by atoms with Gasteiger partial charge in [0.05, 0.1) is 20.3 Å². The Balaban J connectivity index is 2.40. The highest BCUT2D eigenvalue weighted by molar-refractivity contribution is 5.93. The standard InChI is InChI=1S/C10H12N3/c1-13(2)8-7-12-10(13)9-5-3-4-6-11-9/h3-8H,1-2H3/q+1. The average Bonchev–Trinajstić information content (AvgIpc) is 2.47. The number of aromatic nitrogens is 1. The van der Waals surface area contributed by atoms with Crippen molar-refractivity contribution >= 4 is 5.84 Å². The molecule has 0 amide bonds. The highest BCUT2D eigenvalue weighted by atomic mass is 15.4. The zero-order valence-electron chi connectivity index (χ0n) is 7.81. The van der Waals surface area contributed by atoms with Crippen LogP contribution in [0.1, 0.15) is 5.69 Å². The third-order valence-corrected chi connectivity index (χ3v) is 2.08. The molecule has 0 spiro atoms. The van der Waals surface area contributed by atoms with Crippen LogP contribution in [0.15, 0.2) is 41.8 Å². The van der Waals surface area contributed by atoms with Crippen molar-refractivity contribution < 1.29 is 4.48 Å². The second-order valence-electron chi connectivity index (χ2n) is 3.51. The molecule has 1 aromatic heterocycles. The van der Waals surface area contributed by atoms with E-state index >= 15 is 0 Å². The van der Waals surface area contributed by atoms with Crippen LogP contribution in [0.25, 0.3) is 0 Å². The molecule has 13 heavy (non-hydrogen) atoms. The maximum Gasteiger partial charge on any atom is 0.258 e. The van der Waals surface area contributed by atoms with Gasteiger partial charge in [0.1, 0.15) is 11.9 Å². The maximum absolute atomic E-state index is 4.30. The summed E-state index contributed by atoms with van der Waals surface area (Å²) in [7, 11) is 4.16. The molecule has 1 aliphatic heterocycles. The SMILES string of the molecule is C[N+]1(C)C=CN=C1c1ccccn1. The Morgan fingerprint density at radius 1 is 1.23 bits per heavy atom. The lowest BCUT2D eigenvalue weighted by Crippen LogP contribution is -2.38. The quantitative estimate of drug-likeness (QED) is 0.591. The summed E-state index contributed by atoms with van der Waals surface area (Å²) in [6.45, 7) is 0. The van der Waals surface area contributed by atoms with Gasteiger partial charge < -0.3 is 0 Å². The van der Waals surface area contributed by atoms with Crippen molar-refractivity contribution in [3.05, 3.63) is 42.5 Å². The molecule has 0 N–H and O–H groups in total. The number of hydrogen-bond acceptors (Lipinski definition) is 2. The van der Waals surface area contributed by atoms with Gasteiger partial charge in [0.15, 0.2) is 0 Å². The minimum Gasteiger partial charge on any atom is -0.250 e. The van der Waals surface area contributed by atoms with Crippen LogP contribution in [0.4, 0.5) is 0 Å². The second-order valence-corrected chi connectivity index (χ2v) is 3.51. The molecule has 0 unspecified atom stereocenters. The first-order valence-electron chi connectivity index (χ1n) is 4.21. The Bertz CT molecular complexity index is 363. The van der Waals surface area contributed by atoms with Gasteiger partial charge in [0.2, 0.25) is 0 Å². The predicted octanol–water partition coefficient (Wildman–Crippen LogP) is 1.39. The van der Waals surface area contributed by atoms with Gasteiger partial charge in [-0.25, -0.2) is 4.98 Å². The van der Waals surface area contributed by atoms with Crippen molar-refractivity contribution in [1.82, 2.24) is 4.98 Å². The summed E-state index contributed by atoms with van der Waals surface area (Å²) in [6, 6.07) is 5.86. The normalized spacial score (nSPS) is 18.8. The van der Waals surface area contributed by atoms with Crippen molar-refractivity contribution in [2.45, 2.75) is 0 Å². The van der Waals surface area contributed by atoms with E-state index in [1.807, 2.05) is 30.6 Å². The van der Waals surface area contributed by atoms with E-state index in [0.717, 1.165) is 11.5 Å². The van der Waals surface area contributed by atoms with E-state index in [1.165, 1.54) is 0 Å². The van der Waals surface area contributed by atoms with Gasteiger partial charge in [-0.1, -0.05) is 6.07 Å². The molecule has 1 aromatic rings. The number of rotatable bonds is 1. The fourth-order valence-electron chi connectivity index (χ4n) is 1.35. The van der Waals surface area contributed by atoms with Crippen molar-refractivity contribution in [3.8, 4) is 0 Å². The van der Waals surface area contributed by atoms with Crippen LogP contribution >= 0.6 is 0 Å². The molecule has 66 valence electrons. The molecule has 0 bridgehead atoms. The van der Waals surface area contributed by atoms with Gasteiger partial charge >= 0.3 is 0 Å². The van der Waals surface area contributed by atoms with Crippen LogP contribution in [0.5, 0.6) is 0 Å². The molecular weight excluding hydrogens is 162 g/mol. The number of amidine groups is 1. The van der Waals surface area contributed by atoms with Crippen molar-refractivity contribution in [2.24, 2.45) is 4.99 Å². The molecule has 1 aliphatic rings. The summed E-state index contributed by atoms with van der Waals surface area (Å²) in [5.74, 6) is 0.987. The summed E-state index contributed by atoms with van der Waals surface area (Å²) in [4.78, 5) is 8.57. The summed E-state index contributed by atoms with van der Waals surface area (Å²) in [5, 5.41) is 0. The highest BCUT2D eigenvalue weighted by Crippen LogP contribution is 2.14. The minimum absolute atomic E-state index is 0.664. The van der Waals surface area contributed by atoms with E-state index in [1.54, 1.807) is 6.20 Å². The van der Waals surface area contributed by atoms with Gasteiger partial charge in [0.25, 0.3) is 5.84 Å². The van der Waals surface area contributed by atoms with E-state index in [9.17, 15) is 0 Å². The molecule has 3 heteroatoms.